The Morgan fingerprint density at radius 2 is 1.68 bits per heavy atom. The van der Waals surface area contributed by atoms with Gasteiger partial charge in [-0.05, 0) is 72.7 Å². The lowest BCUT2D eigenvalue weighted by Gasteiger charge is -2.19. The molecule has 0 aliphatic carbocycles. The number of H-pyrrole nitrogens is 1. The Labute approximate surface area is 168 Å². The normalized spacial score (nSPS) is 11.8. The van der Waals surface area contributed by atoms with E-state index in [1.165, 1.54) is 22.0 Å². The third kappa shape index (κ3) is 4.02. The summed E-state index contributed by atoms with van der Waals surface area (Å²) >= 11 is 0. The third-order valence-electron chi connectivity index (χ3n) is 5.33. The van der Waals surface area contributed by atoms with Gasteiger partial charge in [0.05, 0.1) is 14.2 Å². The Hall–Kier alpha value is -2.46. The van der Waals surface area contributed by atoms with Crippen molar-refractivity contribution < 1.29 is 9.47 Å². The van der Waals surface area contributed by atoms with E-state index in [1.54, 1.807) is 14.2 Å². The van der Waals surface area contributed by atoms with Gasteiger partial charge in [-0.25, -0.2) is 0 Å². The molecule has 0 aliphatic heterocycles. The first-order valence-electron chi connectivity index (χ1n) is 9.96. The van der Waals surface area contributed by atoms with Gasteiger partial charge in [0.2, 0.25) is 0 Å². The fourth-order valence-electron chi connectivity index (χ4n) is 3.66. The predicted molar refractivity (Wildman–Crippen MR) is 118 cm³/mol. The summed E-state index contributed by atoms with van der Waals surface area (Å²) < 4.78 is 10.9. The molecule has 1 aromatic heterocycles. The monoisotopic (exact) mass is 380 g/mol. The molecule has 0 radical (unpaired) electrons. The number of nitrogens with two attached hydrogens (primary N) is 1. The van der Waals surface area contributed by atoms with Crippen LogP contribution in [0.4, 0.5) is 0 Å². The fraction of sp³-hybridized carbons (Fsp3) is 0.417. The third-order valence-corrected chi connectivity index (χ3v) is 5.33. The van der Waals surface area contributed by atoms with E-state index in [0.29, 0.717) is 0 Å². The van der Waals surface area contributed by atoms with E-state index < -0.39 is 0 Å². The number of aromatic nitrogens is 1. The lowest BCUT2D eigenvalue weighted by Crippen LogP contribution is -2.10. The molecule has 28 heavy (non-hydrogen) atoms. The zero-order valence-corrected chi connectivity index (χ0v) is 17.7. The van der Waals surface area contributed by atoms with Crippen molar-refractivity contribution in [3.8, 4) is 22.8 Å². The first-order chi connectivity index (χ1) is 13.4. The standard InChI is InChI=1S/C24H32N2O2/c1-24(2,3)17-10-11-20-19(15-17)18(8-6-7-13-25)23(26-20)16-9-12-21(27-4)22(14-16)28-5/h9-12,14-15,26H,6-8,13,25H2,1-5H3. The van der Waals surface area contributed by atoms with Gasteiger partial charge in [-0.1, -0.05) is 26.8 Å². The van der Waals surface area contributed by atoms with Gasteiger partial charge in [0.15, 0.2) is 11.5 Å². The van der Waals surface area contributed by atoms with Crippen LogP contribution < -0.4 is 15.2 Å². The zero-order chi connectivity index (χ0) is 20.3. The molecule has 150 valence electrons. The largest absolute Gasteiger partial charge is 0.493 e. The van der Waals surface area contributed by atoms with Gasteiger partial charge in [-0.2, -0.15) is 0 Å². The number of aromatic amines is 1. The Morgan fingerprint density at radius 3 is 2.32 bits per heavy atom. The molecule has 0 unspecified atom stereocenters. The average molecular weight is 381 g/mol. The van der Waals surface area contributed by atoms with E-state index in [0.717, 1.165) is 48.6 Å². The lowest BCUT2D eigenvalue weighted by atomic mass is 9.86. The quantitative estimate of drug-likeness (QED) is 0.537. The topological polar surface area (TPSA) is 60.3 Å². The van der Waals surface area contributed by atoms with Gasteiger partial charge < -0.3 is 20.2 Å². The minimum atomic E-state index is 0.115. The number of aryl methyl sites for hydroxylation is 1. The number of methoxy groups -OCH3 is 2. The van der Waals surface area contributed by atoms with Crippen LogP contribution in [0.1, 0.15) is 44.7 Å². The van der Waals surface area contributed by atoms with E-state index in [2.05, 4.69) is 50.0 Å². The van der Waals surface area contributed by atoms with Crippen LogP contribution in [0.15, 0.2) is 36.4 Å². The molecule has 4 nitrogen and oxygen atoms in total. The molecule has 1 heterocycles. The minimum absolute atomic E-state index is 0.115. The average Bonchev–Trinajstić information content (AvgIpc) is 3.05. The first-order valence-corrected chi connectivity index (χ1v) is 9.96. The molecule has 0 saturated heterocycles. The first kappa shape index (κ1) is 20.3. The number of hydrogen-bond acceptors (Lipinski definition) is 3. The Kier molecular flexibility index (Phi) is 5.99. The number of rotatable bonds is 7. The van der Waals surface area contributed by atoms with Crippen molar-refractivity contribution in [3.63, 3.8) is 0 Å². The maximum Gasteiger partial charge on any atom is 0.161 e. The van der Waals surface area contributed by atoms with Crippen LogP contribution in [-0.4, -0.2) is 25.7 Å². The SMILES string of the molecule is COc1ccc(-c2[nH]c3ccc(C(C)(C)C)cc3c2CCCCN)cc1OC. The summed E-state index contributed by atoms with van der Waals surface area (Å²) in [7, 11) is 3.33. The van der Waals surface area contributed by atoms with E-state index in [9.17, 15) is 0 Å². The van der Waals surface area contributed by atoms with E-state index >= 15 is 0 Å². The van der Waals surface area contributed by atoms with Gasteiger partial charge >= 0.3 is 0 Å². The molecule has 4 heteroatoms. The summed E-state index contributed by atoms with van der Waals surface area (Å²) in [4.78, 5) is 3.65. The van der Waals surface area contributed by atoms with Crippen molar-refractivity contribution >= 4 is 10.9 Å². The molecule has 0 amide bonds. The Bertz CT molecular complexity index is 951. The lowest BCUT2D eigenvalue weighted by molar-refractivity contribution is 0.355. The molecule has 3 rings (SSSR count). The van der Waals surface area contributed by atoms with Gasteiger partial charge in [0.25, 0.3) is 0 Å². The van der Waals surface area contributed by atoms with Crippen molar-refractivity contribution in [2.45, 2.75) is 45.4 Å². The minimum Gasteiger partial charge on any atom is -0.493 e. The molecule has 0 atom stereocenters. The number of unbranched alkanes of at least 4 members (excludes halogenated alkanes) is 1. The number of fused-ring (bicyclic) bond motifs is 1. The van der Waals surface area contributed by atoms with Gasteiger partial charge in [0, 0.05) is 22.2 Å². The number of hydrogen-bond donors (Lipinski definition) is 2. The molecule has 0 saturated carbocycles. The maximum atomic E-state index is 5.74. The number of benzene rings is 2. The Balaban J connectivity index is 2.16. The van der Waals surface area contributed by atoms with Gasteiger partial charge in [-0.3, -0.25) is 0 Å². The number of ether oxygens (including phenoxy) is 2. The summed E-state index contributed by atoms with van der Waals surface area (Å²) in [5, 5.41) is 1.30. The second kappa shape index (κ2) is 8.27. The maximum absolute atomic E-state index is 5.74. The zero-order valence-electron chi connectivity index (χ0n) is 17.7. The van der Waals surface area contributed by atoms with Crippen molar-refractivity contribution in [1.82, 2.24) is 4.98 Å². The number of nitrogens with one attached hydrogen (secondary N) is 1. The molecule has 3 N–H and O–H groups in total. The molecule has 0 aliphatic rings. The van der Waals surface area contributed by atoms with Crippen LogP contribution in [0, 0.1) is 0 Å². The summed E-state index contributed by atoms with van der Waals surface area (Å²) in [5.74, 6) is 1.48. The van der Waals surface area contributed by atoms with Crippen LogP contribution in [0.2, 0.25) is 0 Å². The molecule has 0 spiro atoms. The predicted octanol–water partition coefficient (Wildman–Crippen LogP) is 5.43. The molecule has 0 fully saturated rings. The summed E-state index contributed by atoms with van der Waals surface area (Å²) in [5.41, 5.74) is 12.0. The van der Waals surface area contributed by atoms with Gasteiger partial charge in [-0.15, -0.1) is 0 Å². The molecule has 2 aromatic carbocycles. The van der Waals surface area contributed by atoms with Crippen molar-refractivity contribution in [2.24, 2.45) is 5.73 Å². The molecule has 0 bridgehead atoms. The highest BCUT2D eigenvalue weighted by molar-refractivity contribution is 5.91. The highest BCUT2D eigenvalue weighted by Gasteiger charge is 2.19. The highest BCUT2D eigenvalue weighted by atomic mass is 16.5. The van der Waals surface area contributed by atoms with Crippen LogP contribution >= 0.6 is 0 Å². The summed E-state index contributed by atoms with van der Waals surface area (Å²) in [6.45, 7) is 7.49. The molecular weight excluding hydrogens is 348 g/mol. The van der Waals surface area contributed by atoms with Crippen LogP contribution in [-0.2, 0) is 11.8 Å². The summed E-state index contributed by atoms with van der Waals surface area (Å²) in [6, 6.07) is 12.9. The molecular formula is C24H32N2O2. The molecule has 3 aromatic rings. The van der Waals surface area contributed by atoms with Crippen LogP contribution in [0.5, 0.6) is 11.5 Å². The summed E-state index contributed by atoms with van der Waals surface area (Å²) in [6.07, 6.45) is 3.09. The smallest absolute Gasteiger partial charge is 0.161 e. The van der Waals surface area contributed by atoms with Crippen molar-refractivity contribution in [1.29, 1.82) is 0 Å². The fourth-order valence-corrected chi connectivity index (χ4v) is 3.66. The Morgan fingerprint density at radius 1 is 0.929 bits per heavy atom. The van der Waals surface area contributed by atoms with E-state index in [4.69, 9.17) is 15.2 Å². The van der Waals surface area contributed by atoms with Crippen molar-refractivity contribution in [3.05, 3.63) is 47.5 Å². The highest BCUT2D eigenvalue weighted by Crippen LogP contribution is 2.38. The van der Waals surface area contributed by atoms with Crippen LogP contribution in [0.3, 0.4) is 0 Å². The van der Waals surface area contributed by atoms with E-state index in [1.807, 2.05) is 12.1 Å². The second-order valence-corrected chi connectivity index (χ2v) is 8.30. The van der Waals surface area contributed by atoms with Gasteiger partial charge in [0.1, 0.15) is 0 Å². The van der Waals surface area contributed by atoms with Crippen LogP contribution in [0.25, 0.3) is 22.2 Å². The van der Waals surface area contributed by atoms with E-state index in [-0.39, 0.29) is 5.41 Å². The van der Waals surface area contributed by atoms with Crippen molar-refractivity contribution in [2.75, 3.05) is 20.8 Å². The second-order valence-electron chi connectivity index (χ2n) is 8.30.